The molecule has 0 radical (unpaired) electrons. The maximum absolute atomic E-state index is 12.8. The first kappa shape index (κ1) is 17.9. The number of carboxylic acids is 1. The van der Waals surface area contributed by atoms with Gasteiger partial charge in [0.15, 0.2) is 0 Å². The van der Waals surface area contributed by atoms with Gasteiger partial charge >= 0.3 is 12.0 Å². The van der Waals surface area contributed by atoms with Gasteiger partial charge in [0.05, 0.1) is 37.6 Å². The molecule has 0 saturated carbocycles. The number of carbonyl (C=O) groups is 2. The molecule has 0 saturated heterocycles. The molecule has 3 rings (SSSR count). The van der Waals surface area contributed by atoms with Gasteiger partial charge < -0.3 is 24.5 Å². The number of ether oxygens (including phenoxy) is 2. The fourth-order valence-electron chi connectivity index (χ4n) is 2.96. The van der Waals surface area contributed by atoms with Crippen molar-refractivity contribution >= 4 is 11.9 Å². The monoisotopic (exact) mass is 360 g/mol. The standard InChI is InChI=1S/C17H20N4O5/c1-3-12(10-7-18-17(25-2)19-8-10)20-15(22)13-6-11(16(23)24)14-9-26-5-4-21(13)14/h6-8,12H,3-5,9H2,1-2H3,(H,20,22)(H,23,24). The molecule has 1 aliphatic rings. The summed E-state index contributed by atoms with van der Waals surface area (Å²) in [6.45, 7) is 2.98. The molecule has 3 heterocycles. The second-order valence-corrected chi connectivity index (χ2v) is 5.84. The van der Waals surface area contributed by atoms with Gasteiger partial charge in [-0.05, 0) is 12.5 Å². The van der Waals surface area contributed by atoms with Crippen LogP contribution >= 0.6 is 0 Å². The predicted octanol–water partition coefficient (Wildman–Crippen LogP) is 1.40. The van der Waals surface area contributed by atoms with Crippen molar-refractivity contribution < 1.29 is 24.2 Å². The van der Waals surface area contributed by atoms with Crippen molar-refractivity contribution in [3.8, 4) is 6.01 Å². The van der Waals surface area contributed by atoms with Gasteiger partial charge in [0, 0.05) is 24.5 Å². The molecule has 2 aromatic heterocycles. The van der Waals surface area contributed by atoms with Crippen LogP contribution in [-0.4, -0.2) is 45.2 Å². The number of nitrogens with zero attached hydrogens (tertiary/aromatic N) is 3. The highest BCUT2D eigenvalue weighted by molar-refractivity contribution is 5.98. The van der Waals surface area contributed by atoms with E-state index < -0.39 is 5.97 Å². The highest BCUT2D eigenvalue weighted by Crippen LogP contribution is 2.23. The summed E-state index contributed by atoms with van der Waals surface area (Å²) in [4.78, 5) is 32.3. The predicted molar refractivity (Wildman–Crippen MR) is 90.1 cm³/mol. The lowest BCUT2D eigenvalue weighted by atomic mass is 10.1. The van der Waals surface area contributed by atoms with Crippen LogP contribution in [0, 0.1) is 0 Å². The van der Waals surface area contributed by atoms with Crippen molar-refractivity contribution in [3.05, 3.63) is 41.0 Å². The second-order valence-electron chi connectivity index (χ2n) is 5.84. The molecule has 0 aromatic carbocycles. The Balaban J connectivity index is 1.85. The van der Waals surface area contributed by atoms with E-state index in [4.69, 9.17) is 9.47 Å². The lowest BCUT2D eigenvalue weighted by Crippen LogP contribution is -2.31. The molecule has 0 fully saturated rings. The summed E-state index contributed by atoms with van der Waals surface area (Å²) < 4.78 is 12.0. The fraction of sp³-hybridized carbons (Fsp3) is 0.412. The first-order valence-electron chi connectivity index (χ1n) is 8.25. The number of carboxylic acid groups (broad SMARTS) is 1. The summed E-state index contributed by atoms with van der Waals surface area (Å²) in [7, 11) is 1.48. The van der Waals surface area contributed by atoms with Crippen molar-refractivity contribution in [2.45, 2.75) is 32.5 Å². The van der Waals surface area contributed by atoms with E-state index in [0.29, 0.717) is 31.0 Å². The number of hydrogen-bond acceptors (Lipinski definition) is 6. The summed E-state index contributed by atoms with van der Waals surface area (Å²) >= 11 is 0. The molecule has 1 unspecified atom stereocenters. The van der Waals surface area contributed by atoms with Gasteiger partial charge in [-0.15, -0.1) is 0 Å². The van der Waals surface area contributed by atoms with Gasteiger partial charge in [-0.3, -0.25) is 4.79 Å². The van der Waals surface area contributed by atoms with E-state index >= 15 is 0 Å². The van der Waals surface area contributed by atoms with E-state index in [1.165, 1.54) is 13.2 Å². The lowest BCUT2D eigenvalue weighted by Gasteiger charge is -2.21. The smallest absolute Gasteiger partial charge is 0.337 e. The molecule has 0 spiro atoms. The minimum absolute atomic E-state index is 0.0932. The number of carbonyl (C=O) groups excluding carboxylic acids is 1. The molecule has 0 aliphatic carbocycles. The zero-order chi connectivity index (χ0) is 18.7. The van der Waals surface area contributed by atoms with Crippen molar-refractivity contribution in [2.75, 3.05) is 13.7 Å². The first-order valence-corrected chi connectivity index (χ1v) is 8.25. The Morgan fingerprint density at radius 3 is 2.77 bits per heavy atom. The molecule has 2 aromatic rings. The highest BCUT2D eigenvalue weighted by Gasteiger charge is 2.27. The van der Waals surface area contributed by atoms with E-state index in [-0.39, 0.29) is 30.1 Å². The Bertz CT molecular complexity index is 815. The van der Waals surface area contributed by atoms with Crippen molar-refractivity contribution in [1.82, 2.24) is 19.9 Å². The molecule has 9 nitrogen and oxygen atoms in total. The first-order chi connectivity index (χ1) is 12.5. The van der Waals surface area contributed by atoms with Gasteiger partial charge in [-0.25, -0.2) is 14.8 Å². The number of aromatic carboxylic acids is 1. The molecule has 1 aliphatic heterocycles. The molecule has 1 atom stereocenters. The molecular weight excluding hydrogens is 340 g/mol. The van der Waals surface area contributed by atoms with Crippen LogP contribution in [0.2, 0.25) is 0 Å². The van der Waals surface area contributed by atoms with E-state index in [0.717, 1.165) is 5.56 Å². The molecule has 2 N–H and O–H groups in total. The number of rotatable bonds is 6. The Kier molecular flexibility index (Phi) is 5.17. The third-order valence-electron chi connectivity index (χ3n) is 4.32. The zero-order valence-corrected chi connectivity index (χ0v) is 14.6. The van der Waals surface area contributed by atoms with Crippen LogP contribution < -0.4 is 10.1 Å². The van der Waals surface area contributed by atoms with Crippen LogP contribution in [0.3, 0.4) is 0 Å². The molecule has 26 heavy (non-hydrogen) atoms. The summed E-state index contributed by atoms with van der Waals surface area (Å²) in [5, 5.41) is 12.3. The van der Waals surface area contributed by atoms with Crippen LogP contribution in [0.4, 0.5) is 0 Å². The Labute approximate surface area is 150 Å². The summed E-state index contributed by atoms with van der Waals surface area (Å²) in [6.07, 6.45) is 3.83. The molecule has 9 heteroatoms. The second kappa shape index (κ2) is 7.52. The quantitative estimate of drug-likeness (QED) is 0.800. The average Bonchev–Trinajstić information content (AvgIpc) is 3.06. The van der Waals surface area contributed by atoms with Crippen LogP contribution in [0.15, 0.2) is 18.5 Å². The van der Waals surface area contributed by atoms with Crippen LogP contribution in [0.1, 0.15) is 51.5 Å². The van der Waals surface area contributed by atoms with Crippen molar-refractivity contribution in [1.29, 1.82) is 0 Å². The lowest BCUT2D eigenvalue weighted by molar-refractivity contribution is 0.0656. The molecule has 1 amide bonds. The fourth-order valence-corrected chi connectivity index (χ4v) is 2.96. The number of nitrogens with one attached hydrogen (secondary N) is 1. The topological polar surface area (TPSA) is 116 Å². The third kappa shape index (κ3) is 3.38. The average molecular weight is 360 g/mol. The SMILES string of the molecule is CCC(NC(=O)c1cc(C(=O)O)c2n1CCOC2)c1cnc(OC)nc1. The Morgan fingerprint density at radius 2 is 2.15 bits per heavy atom. The Hall–Kier alpha value is -2.94. The number of aromatic nitrogens is 3. The number of fused-ring (bicyclic) bond motifs is 1. The van der Waals surface area contributed by atoms with Gasteiger partial charge in [-0.2, -0.15) is 0 Å². The van der Waals surface area contributed by atoms with Gasteiger partial charge in [0.1, 0.15) is 5.69 Å². The zero-order valence-electron chi connectivity index (χ0n) is 14.6. The number of amides is 1. The largest absolute Gasteiger partial charge is 0.478 e. The summed E-state index contributed by atoms with van der Waals surface area (Å²) in [5.74, 6) is -1.42. The molecule has 138 valence electrons. The van der Waals surface area contributed by atoms with Crippen molar-refractivity contribution in [2.24, 2.45) is 0 Å². The maximum Gasteiger partial charge on any atom is 0.337 e. The highest BCUT2D eigenvalue weighted by atomic mass is 16.5. The van der Waals surface area contributed by atoms with Gasteiger partial charge in [0.2, 0.25) is 0 Å². The Morgan fingerprint density at radius 1 is 1.42 bits per heavy atom. The van der Waals surface area contributed by atoms with E-state index in [9.17, 15) is 14.7 Å². The summed E-state index contributed by atoms with van der Waals surface area (Å²) in [5.41, 5.74) is 1.66. The van der Waals surface area contributed by atoms with Gasteiger partial charge in [0.25, 0.3) is 5.91 Å². The van der Waals surface area contributed by atoms with E-state index in [1.807, 2.05) is 6.92 Å². The minimum Gasteiger partial charge on any atom is -0.478 e. The number of hydrogen-bond donors (Lipinski definition) is 2. The molecule has 0 bridgehead atoms. The normalized spacial score (nSPS) is 14.4. The van der Waals surface area contributed by atoms with Crippen molar-refractivity contribution in [3.63, 3.8) is 0 Å². The third-order valence-corrected chi connectivity index (χ3v) is 4.32. The van der Waals surface area contributed by atoms with Gasteiger partial charge in [-0.1, -0.05) is 6.92 Å². The van der Waals surface area contributed by atoms with Crippen LogP contribution in [0.5, 0.6) is 6.01 Å². The molecular formula is C17H20N4O5. The van der Waals surface area contributed by atoms with E-state index in [2.05, 4.69) is 15.3 Å². The number of methoxy groups -OCH3 is 1. The van der Waals surface area contributed by atoms with E-state index in [1.54, 1.807) is 17.0 Å². The van der Waals surface area contributed by atoms with Crippen LogP contribution in [0.25, 0.3) is 0 Å². The van der Waals surface area contributed by atoms with Crippen LogP contribution in [-0.2, 0) is 17.9 Å². The minimum atomic E-state index is -1.08. The summed E-state index contributed by atoms with van der Waals surface area (Å²) in [6, 6.07) is 1.35. The maximum atomic E-state index is 12.8.